The number of nitrogens with two attached hydrogens (primary N) is 1. The van der Waals surface area contributed by atoms with Crippen LogP contribution in [0, 0.1) is 5.82 Å². The van der Waals surface area contributed by atoms with Gasteiger partial charge in [0.05, 0.1) is 36.4 Å². The van der Waals surface area contributed by atoms with Crippen LogP contribution in [0.2, 0.25) is 0 Å². The molecule has 0 bridgehead atoms. The van der Waals surface area contributed by atoms with Crippen molar-refractivity contribution in [2.75, 3.05) is 75.1 Å². The number of anilines is 3. The number of piperazine rings is 1. The van der Waals surface area contributed by atoms with Crippen LogP contribution >= 0.6 is 0 Å². The first-order valence-corrected chi connectivity index (χ1v) is 16.6. The highest BCUT2D eigenvalue weighted by atomic mass is 19.1. The number of halogens is 1. The largest absolute Gasteiger partial charge is 0.487 e. The summed E-state index contributed by atoms with van der Waals surface area (Å²) in [5, 5.41) is 0.370. The van der Waals surface area contributed by atoms with E-state index in [0.717, 1.165) is 56.8 Å². The molecule has 12 heteroatoms. The summed E-state index contributed by atoms with van der Waals surface area (Å²) < 4.78 is 29.7. The summed E-state index contributed by atoms with van der Waals surface area (Å²) in [6, 6.07) is 9.35. The van der Waals surface area contributed by atoms with Crippen molar-refractivity contribution in [2.45, 2.75) is 45.4 Å². The van der Waals surface area contributed by atoms with Crippen LogP contribution in [0.15, 0.2) is 53.7 Å². The van der Waals surface area contributed by atoms with Crippen molar-refractivity contribution < 1.29 is 13.9 Å². The second-order valence-corrected chi connectivity index (χ2v) is 12.7. The molecular weight excluding hydrogens is 599 g/mol. The Labute approximate surface area is 274 Å². The van der Waals surface area contributed by atoms with Gasteiger partial charge >= 0.3 is 0 Å². The molecule has 3 aliphatic heterocycles. The maximum Gasteiger partial charge on any atom is 0.213 e. The van der Waals surface area contributed by atoms with E-state index < -0.39 is 5.82 Å². The molecule has 47 heavy (non-hydrogen) atoms. The average Bonchev–Trinajstić information content (AvgIpc) is 3.10. The third kappa shape index (κ3) is 6.31. The Kier molecular flexibility index (Phi) is 8.87. The maximum absolute atomic E-state index is 16.0. The van der Waals surface area contributed by atoms with Gasteiger partial charge in [-0.15, -0.1) is 0 Å². The van der Waals surface area contributed by atoms with Crippen LogP contribution in [0.1, 0.15) is 30.9 Å². The summed E-state index contributed by atoms with van der Waals surface area (Å²) in [7, 11) is 1.61. The summed E-state index contributed by atoms with van der Waals surface area (Å²) in [6.45, 7) is 10.0. The van der Waals surface area contributed by atoms with Gasteiger partial charge in [-0.3, -0.25) is 9.69 Å². The molecule has 7 rings (SSSR count). The van der Waals surface area contributed by atoms with Gasteiger partial charge in [0.1, 0.15) is 18.1 Å². The molecule has 4 aromatic rings. The molecule has 0 saturated carbocycles. The van der Waals surface area contributed by atoms with Gasteiger partial charge < -0.3 is 34.5 Å². The van der Waals surface area contributed by atoms with Crippen LogP contribution in [0.3, 0.4) is 0 Å². The standard InChI is InChI=1S/C35H43FN8O3/c1-3-40-11-13-41(14-12-40)33-29(36)18-28-32-35(33)47-16-15-43(32)21-25(34(28)45)22-44(20-24-8-9-38-31(17-24)46-2)27-5-4-10-42(23-27)26-6-7-30(37)39-19-26/h6-9,17-19,21,27H,3-5,10-16,20,22-23H2,1-2H3,(H2,37,39)/t27-/m0/s1. The van der Waals surface area contributed by atoms with Gasteiger partial charge in [-0.2, -0.15) is 0 Å². The molecule has 0 unspecified atom stereocenters. The van der Waals surface area contributed by atoms with Crippen LogP contribution in [0.25, 0.3) is 10.9 Å². The number of benzene rings is 1. The summed E-state index contributed by atoms with van der Waals surface area (Å²) >= 11 is 0. The van der Waals surface area contributed by atoms with E-state index in [1.807, 2.05) is 36.7 Å². The third-order valence-corrected chi connectivity index (χ3v) is 9.85. The Morgan fingerprint density at radius 3 is 2.68 bits per heavy atom. The summed E-state index contributed by atoms with van der Waals surface area (Å²) in [4.78, 5) is 32.0. The Balaban J connectivity index is 1.24. The molecule has 0 aliphatic carbocycles. The minimum Gasteiger partial charge on any atom is -0.487 e. The van der Waals surface area contributed by atoms with Crippen LogP contribution < -0.4 is 30.4 Å². The highest BCUT2D eigenvalue weighted by Crippen LogP contribution is 2.40. The SMILES string of the molecule is CCN1CCN(c2c(F)cc3c(=O)c(CN(Cc4ccnc(OC)c4)[C@H]4CCCN(c5ccc(N)nc5)C4)cn4c3c2OCC4)CC1. The molecule has 1 atom stereocenters. The first-order chi connectivity index (χ1) is 22.9. The van der Waals surface area contributed by atoms with Gasteiger partial charge in [-0.25, -0.2) is 14.4 Å². The molecule has 11 nitrogen and oxygen atoms in total. The van der Waals surface area contributed by atoms with E-state index >= 15 is 4.39 Å². The number of ether oxygens (including phenoxy) is 2. The molecule has 0 amide bonds. The number of methoxy groups -OCH3 is 1. The van der Waals surface area contributed by atoms with Crippen molar-refractivity contribution >= 4 is 28.1 Å². The zero-order valence-corrected chi connectivity index (χ0v) is 27.2. The Morgan fingerprint density at radius 1 is 1.06 bits per heavy atom. The molecule has 0 radical (unpaired) electrons. The second-order valence-electron chi connectivity index (χ2n) is 12.7. The van der Waals surface area contributed by atoms with Crippen molar-refractivity contribution in [3.63, 3.8) is 0 Å². The van der Waals surface area contributed by atoms with E-state index in [9.17, 15) is 4.79 Å². The van der Waals surface area contributed by atoms with Gasteiger partial charge in [0.25, 0.3) is 0 Å². The number of nitrogen functional groups attached to an aromatic ring is 1. The van der Waals surface area contributed by atoms with Crippen molar-refractivity contribution in [2.24, 2.45) is 0 Å². The van der Waals surface area contributed by atoms with E-state index in [-0.39, 0.29) is 11.5 Å². The highest BCUT2D eigenvalue weighted by Gasteiger charge is 2.31. The van der Waals surface area contributed by atoms with Crippen molar-refractivity contribution in [1.29, 1.82) is 0 Å². The average molecular weight is 643 g/mol. The van der Waals surface area contributed by atoms with Crippen LogP contribution in [-0.4, -0.2) is 89.9 Å². The number of rotatable bonds is 9. The second kappa shape index (κ2) is 13.4. The monoisotopic (exact) mass is 642 g/mol. The number of nitrogens with zero attached hydrogens (tertiary/aromatic N) is 7. The third-order valence-electron chi connectivity index (χ3n) is 9.85. The van der Waals surface area contributed by atoms with E-state index in [1.165, 1.54) is 6.07 Å². The molecule has 2 saturated heterocycles. The summed E-state index contributed by atoms with van der Waals surface area (Å²) in [6.07, 6.45) is 7.51. The lowest BCUT2D eigenvalue weighted by atomic mass is 10.0. The lowest BCUT2D eigenvalue weighted by Gasteiger charge is -2.40. The van der Waals surface area contributed by atoms with Crippen molar-refractivity contribution in [1.82, 2.24) is 24.3 Å². The molecule has 0 spiro atoms. The van der Waals surface area contributed by atoms with E-state index in [1.54, 1.807) is 13.3 Å². The normalized spacial score (nSPS) is 18.5. The molecule has 6 heterocycles. The number of likely N-dealkylation sites (N-methyl/N-ethyl adjacent to an activating group) is 1. The molecule has 2 fully saturated rings. The molecule has 3 aromatic heterocycles. The topological polar surface area (TPSA) is 105 Å². The predicted molar refractivity (Wildman–Crippen MR) is 182 cm³/mol. The fraction of sp³-hybridized carbons (Fsp3) is 0.457. The Bertz CT molecular complexity index is 1790. The number of pyridine rings is 3. The fourth-order valence-electron chi connectivity index (χ4n) is 7.30. The van der Waals surface area contributed by atoms with E-state index in [2.05, 4.69) is 41.1 Å². The minimum absolute atomic E-state index is 0.150. The number of piperidine rings is 1. The van der Waals surface area contributed by atoms with Crippen LogP contribution in [0.4, 0.5) is 21.6 Å². The van der Waals surface area contributed by atoms with Crippen LogP contribution in [-0.2, 0) is 19.6 Å². The fourth-order valence-corrected chi connectivity index (χ4v) is 7.30. The quantitative estimate of drug-likeness (QED) is 0.291. The number of hydrogen-bond acceptors (Lipinski definition) is 10. The molecular formula is C35H43FN8O3. The molecule has 248 valence electrons. The van der Waals surface area contributed by atoms with Gasteiger partial charge in [0.15, 0.2) is 17.0 Å². The van der Waals surface area contributed by atoms with Gasteiger partial charge in [-0.05, 0) is 49.2 Å². The van der Waals surface area contributed by atoms with Crippen molar-refractivity contribution in [3.8, 4) is 11.6 Å². The maximum atomic E-state index is 16.0. The van der Waals surface area contributed by atoms with Crippen LogP contribution in [0.5, 0.6) is 11.6 Å². The highest BCUT2D eigenvalue weighted by molar-refractivity contribution is 5.92. The molecule has 2 N–H and O–H groups in total. The molecule has 3 aliphatic rings. The van der Waals surface area contributed by atoms with E-state index in [0.29, 0.717) is 78.9 Å². The predicted octanol–water partition coefficient (Wildman–Crippen LogP) is 3.73. The lowest BCUT2D eigenvalue weighted by Crippen LogP contribution is -2.48. The summed E-state index contributed by atoms with van der Waals surface area (Å²) in [5.41, 5.74) is 9.58. The first-order valence-electron chi connectivity index (χ1n) is 16.6. The van der Waals surface area contributed by atoms with Gasteiger partial charge in [0.2, 0.25) is 5.88 Å². The Morgan fingerprint density at radius 2 is 1.91 bits per heavy atom. The lowest BCUT2D eigenvalue weighted by molar-refractivity contribution is 0.157. The minimum atomic E-state index is -0.402. The number of aromatic nitrogens is 3. The van der Waals surface area contributed by atoms with Crippen molar-refractivity contribution in [3.05, 3.63) is 76.1 Å². The zero-order valence-electron chi connectivity index (χ0n) is 27.2. The zero-order chi connectivity index (χ0) is 32.5. The Hall–Kier alpha value is -4.42. The molecule has 1 aromatic carbocycles. The summed E-state index contributed by atoms with van der Waals surface area (Å²) in [5.74, 6) is 1.12. The van der Waals surface area contributed by atoms with Gasteiger partial charge in [-0.1, -0.05) is 6.92 Å². The first kappa shape index (κ1) is 31.2. The number of hydrogen-bond donors (Lipinski definition) is 1. The van der Waals surface area contributed by atoms with E-state index in [4.69, 9.17) is 15.2 Å². The smallest absolute Gasteiger partial charge is 0.213 e. The van der Waals surface area contributed by atoms with Gasteiger partial charge in [0, 0.05) is 82.4 Å².